The molecule has 2 aromatic rings. The number of hydrogen-bond donors (Lipinski definition) is 0. The van der Waals surface area contributed by atoms with Gasteiger partial charge in [-0.3, -0.25) is 23.3 Å². The summed E-state index contributed by atoms with van der Waals surface area (Å²) in [5.41, 5.74) is -1.87. The van der Waals surface area contributed by atoms with Crippen molar-refractivity contribution in [1.29, 1.82) is 0 Å². The number of nitrogens with zero attached hydrogens (tertiary/aromatic N) is 4. The summed E-state index contributed by atoms with van der Waals surface area (Å²) >= 11 is 0. The second-order valence-corrected chi connectivity index (χ2v) is 7.39. The third kappa shape index (κ3) is 3.85. The number of hydrogen-bond acceptors (Lipinski definition) is 7. The molecule has 10 heteroatoms. The average Bonchev–Trinajstić information content (AvgIpc) is 3.04. The van der Waals surface area contributed by atoms with Crippen LogP contribution in [0, 0.1) is 5.41 Å². The first-order valence-corrected chi connectivity index (χ1v) is 9.04. The SMILES string of the molecule is CCOC(=O)C(CC)n1c(=O)n(C)c(=O)c2c1ncn2COC(=O)C(C)(C)C. The Morgan fingerprint density at radius 1 is 1.18 bits per heavy atom. The standard InChI is InChI=1S/C18H26N4O6/c1-7-11(15(24)27-8-2)22-13-12(14(23)20(6)17(22)26)21(9-19-13)10-28-16(25)18(3,4)5/h9,11H,7-8,10H2,1-6H3. The van der Waals surface area contributed by atoms with E-state index in [2.05, 4.69) is 4.98 Å². The van der Waals surface area contributed by atoms with Crippen molar-refractivity contribution in [2.45, 2.75) is 53.8 Å². The summed E-state index contributed by atoms with van der Waals surface area (Å²) in [6.07, 6.45) is 1.58. The highest BCUT2D eigenvalue weighted by atomic mass is 16.5. The first kappa shape index (κ1) is 21.4. The lowest BCUT2D eigenvalue weighted by Crippen LogP contribution is -2.42. The molecule has 0 saturated carbocycles. The number of fused-ring (bicyclic) bond motifs is 1. The number of carbonyl (C=O) groups excluding carboxylic acids is 2. The fraction of sp³-hybridized carbons (Fsp3) is 0.611. The maximum absolute atomic E-state index is 12.7. The van der Waals surface area contributed by atoms with Crippen molar-refractivity contribution >= 4 is 23.1 Å². The molecule has 0 aliphatic carbocycles. The zero-order valence-corrected chi connectivity index (χ0v) is 17.0. The van der Waals surface area contributed by atoms with Gasteiger partial charge in [0.25, 0.3) is 5.56 Å². The molecule has 0 aliphatic rings. The number of aromatic nitrogens is 4. The Labute approximate surface area is 161 Å². The first-order valence-electron chi connectivity index (χ1n) is 9.04. The minimum absolute atomic E-state index is 0.0415. The van der Waals surface area contributed by atoms with Crippen molar-refractivity contribution in [3.05, 3.63) is 27.2 Å². The summed E-state index contributed by atoms with van der Waals surface area (Å²) in [5.74, 6) is -1.03. The smallest absolute Gasteiger partial charge is 0.333 e. The predicted octanol–water partition coefficient (Wildman–Crippen LogP) is 0.958. The summed E-state index contributed by atoms with van der Waals surface area (Å²) < 4.78 is 13.7. The van der Waals surface area contributed by atoms with Crippen LogP contribution in [0.25, 0.3) is 11.2 Å². The summed E-state index contributed by atoms with van der Waals surface area (Å²) in [7, 11) is 1.32. The van der Waals surface area contributed by atoms with Crippen LogP contribution in [0.3, 0.4) is 0 Å². The van der Waals surface area contributed by atoms with Gasteiger partial charge < -0.3 is 9.47 Å². The minimum atomic E-state index is -0.928. The number of imidazole rings is 1. The molecule has 0 aromatic carbocycles. The van der Waals surface area contributed by atoms with Crippen LogP contribution in [-0.2, 0) is 32.8 Å². The quantitative estimate of drug-likeness (QED) is 0.670. The van der Waals surface area contributed by atoms with Gasteiger partial charge in [-0.1, -0.05) is 6.92 Å². The molecule has 0 fully saturated rings. The van der Waals surface area contributed by atoms with Crippen molar-refractivity contribution < 1.29 is 19.1 Å². The minimum Gasteiger partial charge on any atom is -0.464 e. The van der Waals surface area contributed by atoms with Crippen LogP contribution in [0.5, 0.6) is 0 Å². The van der Waals surface area contributed by atoms with E-state index < -0.39 is 34.6 Å². The molecule has 28 heavy (non-hydrogen) atoms. The van der Waals surface area contributed by atoms with Gasteiger partial charge in [-0.25, -0.2) is 14.6 Å². The van der Waals surface area contributed by atoms with Gasteiger partial charge in [0.2, 0.25) is 0 Å². The van der Waals surface area contributed by atoms with Crippen LogP contribution >= 0.6 is 0 Å². The summed E-state index contributed by atoms with van der Waals surface area (Å²) in [5, 5.41) is 0. The van der Waals surface area contributed by atoms with Crippen LogP contribution in [0.2, 0.25) is 0 Å². The molecule has 0 amide bonds. The van der Waals surface area contributed by atoms with E-state index in [0.717, 1.165) is 9.13 Å². The lowest BCUT2D eigenvalue weighted by molar-refractivity contribution is -0.156. The second-order valence-electron chi connectivity index (χ2n) is 7.39. The molecular formula is C18H26N4O6. The Balaban J connectivity index is 2.61. The number of carbonyl (C=O) groups is 2. The van der Waals surface area contributed by atoms with E-state index >= 15 is 0 Å². The molecule has 10 nitrogen and oxygen atoms in total. The van der Waals surface area contributed by atoms with Gasteiger partial charge >= 0.3 is 17.6 Å². The van der Waals surface area contributed by atoms with Crippen LogP contribution in [-0.4, -0.2) is 37.2 Å². The van der Waals surface area contributed by atoms with Crippen molar-refractivity contribution in [2.75, 3.05) is 6.61 Å². The van der Waals surface area contributed by atoms with Crippen molar-refractivity contribution in [1.82, 2.24) is 18.7 Å². The lowest BCUT2D eigenvalue weighted by atomic mass is 9.98. The molecule has 0 bridgehead atoms. The Morgan fingerprint density at radius 3 is 2.36 bits per heavy atom. The fourth-order valence-electron chi connectivity index (χ4n) is 2.68. The normalized spacial score (nSPS) is 12.8. The average molecular weight is 394 g/mol. The summed E-state index contributed by atoms with van der Waals surface area (Å²) in [6.45, 7) is 8.46. The molecule has 2 aromatic heterocycles. The molecule has 154 valence electrons. The van der Waals surface area contributed by atoms with E-state index in [4.69, 9.17) is 9.47 Å². The topological polar surface area (TPSA) is 114 Å². The van der Waals surface area contributed by atoms with Crippen LogP contribution < -0.4 is 11.2 Å². The van der Waals surface area contributed by atoms with Gasteiger partial charge in [-0.15, -0.1) is 0 Å². The lowest BCUT2D eigenvalue weighted by Gasteiger charge is -2.18. The van der Waals surface area contributed by atoms with E-state index in [1.807, 2.05) is 0 Å². The Hall–Kier alpha value is -2.91. The number of ether oxygens (including phenoxy) is 2. The highest BCUT2D eigenvalue weighted by Crippen LogP contribution is 2.18. The largest absolute Gasteiger partial charge is 0.464 e. The van der Waals surface area contributed by atoms with Gasteiger partial charge in [0, 0.05) is 7.05 Å². The molecule has 1 atom stereocenters. The second kappa shape index (κ2) is 7.99. The monoisotopic (exact) mass is 394 g/mol. The third-order valence-corrected chi connectivity index (χ3v) is 4.25. The van der Waals surface area contributed by atoms with E-state index in [1.165, 1.54) is 17.9 Å². The van der Waals surface area contributed by atoms with E-state index in [9.17, 15) is 19.2 Å². The van der Waals surface area contributed by atoms with Crippen LogP contribution in [0.15, 0.2) is 15.9 Å². The molecule has 0 aliphatic heterocycles. The Bertz CT molecular complexity index is 1010. The Kier molecular flexibility index (Phi) is 6.10. The molecule has 2 rings (SSSR count). The Morgan fingerprint density at radius 2 is 1.82 bits per heavy atom. The molecule has 1 unspecified atom stereocenters. The van der Waals surface area contributed by atoms with Gasteiger partial charge in [0.15, 0.2) is 17.9 Å². The van der Waals surface area contributed by atoms with Gasteiger partial charge in [0.05, 0.1) is 12.0 Å². The first-order chi connectivity index (χ1) is 13.0. The maximum atomic E-state index is 12.7. The molecule has 2 heterocycles. The van der Waals surface area contributed by atoms with E-state index in [0.29, 0.717) is 0 Å². The van der Waals surface area contributed by atoms with Gasteiger partial charge in [-0.2, -0.15) is 0 Å². The molecule has 0 saturated heterocycles. The van der Waals surface area contributed by atoms with Crippen molar-refractivity contribution in [3.8, 4) is 0 Å². The highest BCUT2D eigenvalue weighted by molar-refractivity contribution is 5.78. The summed E-state index contributed by atoms with van der Waals surface area (Å²) in [6, 6.07) is -0.928. The molecule has 0 spiro atoms. The van der Waals surface area contributed by atoms with Crippen molar-refractivity contribution in [3.63, 3.8) is 0 Å². The van der Waals surface area contributed by atoms with Gasteiger partial charge in [0.1, 0.15) is 12.4 Å². The van der Waals surface area contributed by atoms with Gasteiger partial charge in [-0.05, 0) is 34.1 Å². The maximum Gasteiger partial charge on any atom is 0.333 e. The molecule has 0 N–H and O–H groups in total. The zero-order valence-electron chi connectivity index (χ0n) is 17.0. The number of esters is 2. The van der Waals surface area contributed by atoms with Crippen LogP contribution in [0.1, 0.15) is 47.1 Å². The number of rotatable bonds is 6. The predicted molar refractivity (Wildman–Crippen MR) is 101 cm³/mol. The summed E-state index contributed by atoms with van der Waals surface area (Å²) in [4.78, 5) is 53.9. The van der Waals surface area contributed by atoms with Crippen LogP contribution in [0.4, 0.5) is 0 Å². The highest BCUT2D eigenvalue weighted by Gasteiger charge is 2.28. The van der Waals surface area contributed by atoms with E-state index in [1.54, 1.807) is 34.6 Å². The molecular weight excluding hydrogens is 368 g/mol. The zero-order chi connectivity index (χ0) is 21.2. The molecule has 0 radical (unpaired) electrons. The van der Waals surface area contributed by atoms with Crippen molar-refractivity contribution in [2.24, 2.45) is 12.5 Å². The third-order valence-electron chi connectivity index (χ3n) is 4.25. The van der Waals surface area contributed by atoms with E-state index in [-0.39, 0.29) is 30.9 Å². The fourth-order valence-corrected chi connectivity index (χ4v) is 2.68.